The number of carbonyl (C=O) groups excluding carboxylic acids is 1. The molecule has 0 aromatic heterocycles. The molecule has 2 N–H and O–H groups in total. The second kappa shape index (κ2) is 4.46. The highest BCUT2D eigenvalue weighted by molar-refractivity contribution is 5.68. The van der Waals surface area contributed by atoms with Crippen molar-refractivity contribution in [2.24, 2.45) is 11.7 Å². The fourth-order valence-corrected chi connectivity index (χ4v) is 2.49. The molecule has 0 aliphatic carbocycles. The van der Waals surface area contributed by atoms with Crippen molar-refractivity contribution in [2.45, 2.75) is 45.0 Å². The van der Waals surface area contributed by atoms with Crippen LogP contribution in [0.4, 0.5) is 4.79 Å². The minimum Gasteiger partial charge on any atom is -0.444 e. The van der Waals surface area contributed by atoms with E-state index in [2.05, 4.69) is 0 Å². The van der Waals surface area contributed by atoms with Crippen LogP contribution in [-0.2, 0) is 9.47 Å². The van der Waals surface area contributed by atoms with Crippen LogP contribution in [-0.4, -0.2) is 48.4 Å². The fourth-order valence-electron chi connectivity index (χ4n) is 2.49. The molecule has 2 heterocycles. The molecule has 2 fully saturated rings. The van der Waals surface area contributed by atoms with Crippen LogP contribution in [0.25, 0.3) is 0 Å². The van der Waals surface area contributed by atoms with Crippen LogP contribution in [0.3, 0.4) is 0 Å². The third-order valence-corrected chi connectivity index (χ3v) is 3.23. The van der Waals surface area contributed by atoms with E-state index in [-0.39, 0.29) is 18.3 Å². The van der Waals surface area contributed by atoms with E-state index in [1.54, 1.807) is 4.90 Å². The van der Waals surface area contributed by atoms with E-state index >= 15 is 0 Å². The summed E-state index contributed by atoms with van der Waals surface area (Å²) in [7, 11) is 0. The Morgan fingerprint density at radius 3 is 2.71 bits per heavy atom. The van der Waals surface area contributed by atoms with Gasteiger partial charge in [-0.15, -0.1) is 0 Å². The van der Waals surface area contributed by atoms with Gasteiger partial charge in [-0.1, -0.05) is 0 Å². The van der Waals surface area contributed by atoms with Crippen LogP contribution in [0.5, 0.6) is 0 Å². The predicted octanol–water partition coefficient (Wildman–Crippen LogP) is 0.969. The Labute approximate surface area is 102 Å². The van der Waals surface area contributed by atoms with E-state index in [4.69, 9.17) is 15.2 Å². The second-order valence-corrected chi connectivity index (χ2v) is 5.91. The van der Waals surface area contributed by atoms with Crippen LogP contribution < -0.4 is 5.73 Å². The first-order chi connectivity index (χ1) is 7.89. The van der Waals surface area contributed by atoms with Crippen LogP contribution in [0.2, 0.25) is 0 Å². The Morgan fingerprint density at radius 1 is 1.47 bits per heavy atom. The number of hydrogen-bond donors (Lipinski definition) is 1. The largest absolute Gasteiger partial charge is 0.444 e. The molecule has 2 aliphatic rings. The summed E-state index contributed by atoms with van der Waals surface area (Å²) in [4.78, 5) is 13.6. The number of hydrogen-bond acceptors (Lipinski definition) is 4. The third kappa shape index (κ3) is 2.90. The van der Waals surface area contributed by atoms with Crippen molar-refractivity contribution in [3.05, 3.63) is 0 Å². The number of nitrogens with two attached hydrogens (primary N) is 1. The van der Waals surface area contributed by atoms with E-state index in [1.807, 2.05) is 20.8 Å². The number of likely N-dealkylation sites (tertiary alicyclic amines) is 1. The summed E-state index contributed by atoms with van der Waals surface area (Å²) in [6.07, 6.45) is 1.04. The lowest BCUT2D eigenvalue weighted by Gasteiger charge is -2.25. The molecule has 0 saturated carbocycles. The van der Waals surface area contributed by atoms with Gasteiger partial charge in [0.05, 0.1) is 18.8 Å². The van der Waals surface area contributed by atoms with Crippen LogP contribution in [0.1, 0.15) is 27.2 Å². The van der Waals surface area contributed by atoms with Gasteiger partial charge in [-0.3, -0.25) is 0 Å². The van der Waals surface area contributed by atoms with Gasteiger partial charge in [0.25, 0.3) is 0 Å². The van der Waals surface area contributed by atoms with E-state index in [0.29, 0.717) is 19.0 Å². The summed E-state index contributed by atoms with van der Waals surface area (Å²) in [5.41, 5.74) is 5.15. The lowest BCUT2D eigenvalue weighted by atomic mass is 10.0. The van der Waals surface area contributed by atoms with E-state index in [9.17, 15) is 4.79 Å². The van der Waals surface area contributed by atoms with Gasteiger partial charge in [0.2, 0.25) is 0 Å². The summed E-state index contributed by atoms with van der Waals surface area (Å²) >= 11 is 0. The van der Waals surface area contributed by atoms with E-state index in [1.165, 1.54) is 0 Å². The molecule has 0 bridgehead atoms. The lowest BCUT2D eigenvalue weighted by molar-refractivity contribution is 0.0149. The molecule has 98 valence electrons. The van der Waals surface area contributed by atoms with Crippen molar-refractivity contribution in [3.8, 4) is 0 Å². The normalized spacial score (nSPS) is 32.7. The zero-order valence-corrected chi connectivity index (χ0v) is 10.8. The van der Waals surface area contributed by atoms with Gasteiger partial charge in [0, 0.05) is 19.0 Å². The molecule has 0 aromatic rings. The quantitative estimate of drug-likeness (QED) is 0.744. The fraction of sp³-hybridized carbons (Fsp3) is 0.917. The van der Waals surface area contributed by atoms with Crippen molar-refractivity contribution in [3.63, 3.8) is 0 Å². The lowest BCUT2D eigenvalue weighted by Crippen LogP contribution is -2.37. The summed E-state index contributed by atoms with van der Waals surface area (Å²) in [5, 5.41) is 0. The molecule has 17 heavy (non-hydrogen) atoms. The van der Waals surface area contributed by atoms with Gasteiger partial charge in [0.1, 0.15) is 5.60 Å². The molecule has 1 amide bonds. The molecular formula is C12H22N2O3. The average molecular weight is 242 g/mol. The zero-order valence-electron chi connectivity index (χ0n) is 10.8. The molecule has 0 radical (unpaired) electrons. The Hall–Kier alpha value is -0.810. The maximum Gasteiger partial charge on any atom is 0.410 e. The van der Waals surface area contributed by atoms with Gasteiger partial charge in [-0.05, 0) is 27.2 Å². The number of nitrogens with zero attached hydrogens (tertiary/aromatic N) is 1. The van der Waals surface area contributed by atoms with Crippen molar-refractivity contribution in [2.75, 3.05) is 19.6 Å². The van der Waals surface area contributed by atoms with Crippen molar-refractivity contribution < 1.29 is 14.3 Å². The van der Waals surface area contributed by atoms with Crippen molar-refractivity contribution >= 4 is 6.09 Å². The Balaban J connectivity index is 1.86. The highest BCUT2D eigenvalue weighted by atomic mass is 16.6. The molecule has 3 atom stereocenters. The first kappa shape index (κ1) is 12.6. The van der Waals surface area contributed by atoms with E-state index in [0.717, 1.165) is 13.0 Å². The van der Waals surface area contributed by atoms with Gasteiger partial charge >= 0.3 is 6.09 Å². The zero-order chi connectivity index (χ0) is 12.6. The number of ether oxygens (including phenoxy) is 2. The Morgan fingerprint density at radius 2 is 2.18 bits per heavy atom. The minimum absolute atomic E-state index is 0.149. The van der Waals surface area contributed by atoms with Crippen LogP contribution in [0.15, 0.2) is 0 Å². The van der Waals surface area contributed by atoms with Gasteiger partial charge in [-0.25, -0.2) is 4.79 Å². The molecular weight excluding hydrogens is 220 g/mol. The Kier molecular flexibility index (Phi) is 3.32. The minimum atomic E-state index is -0.435. The average Bonchev–Trinajstić information content (AvgIpc) is 2.70. The van der Waals surface area contributed by atoms with E-state index < -0.39 is 5.60 Å². The summed E-state index contributed by atoms with van der Waals surface area (Å²) in [5.74, 6) is 0.427. The number of rotatable bonds is 1. The standard InChI is InChI=1S/C12H22N2O3/c1-12(2,3)17-11(15)14-6-8-4-9(5-13)16-10(8)7-14/h8-10H,4-7,13H2,1-3H3/t8-,9?,10+/m1/s1. The van der Waals surface area contributed by atoms with Crippen LogP contribution >= 0.6 is 0 Å². The molecule has 2 saturated heterocycles. The molecule has 0 aromatic carbocycles. The first-order valence-corrected chi connectivity index (χ1v) is 6.22. The monoisotopic (exact) mass is 242 g/mol. The topological polar surface area (TPSA) is 64.8 Å². The maximum absolute atomic E-state index is 11.9. The SMILES string of the molecule is CC(C)(C)OC(=O)N1C[C@H]2CC(CN)O[C@H]2C1. The predicted molar refractivity (Wildman–Crippen MR) is 63.6 cm³/mol. The number of carbonyl (C=O) groups is 1. The molecule has 1 unspecified atom stereocenters. The second-order valence-electron chi connectivity index (χ2n) is 5.91. The van der Waals surface area contributed by atoms with Crippen LogP contribution in [0, 0.1) is 5.92 Å². The maximum atomic E-state index is 11.9. The summed E-state index contributed by atoms with van der Waals surface area (Å²) in [6, 6.07) is 0. The Bertz CT molecular complexity index is 287. The highest BCUT2D eigenvalue weighted by Crippen LogP contribution is 2.33. The van der Waals surface area contributed by atoms with Gasteiger partial charge in [-0.2, -0.15) is 0 Å². The van der Waals surface area contributed by atoms with Crippen molar-refractivity contribution in [1.82, 2.24) is 4.90 Å². The first-order valence-electron chi connectivity index (χ1n) is 6.22. The van der Waals surface area contributed by atoms with Gasteiger partial charge in [0.15, 0.2) is 0 Å². The molecule has 0 spiro atoms. The third-order valence-electron chi connectivity index (χ3n) is 3.23. The molecule has 2 aliphatic heterocycles. The number of fused-ring (bicyclic) bond motifs is 1. The highest BCUT2D eigenvalue weighted by Gasteiger charge is 2.43. The number of amides is 1. The smallest absolute Gasteiger partial charge is 0.410 e. The summed E-state index contributed by atoms with van der Waals surface area (Å²) in [6.45, 7) is 7.57. The van der Waals surface area contributed by atoms with Crippen molar-refractivity contribution in [1.29, 1.82) is 0 Å². The molecule has 2 rings (SSSR count). The molecule has 5 nitrogen and oxygen atoms in total. The molecule has 5 heteroatoms. The summed E-state index contributed by atoms with van der Waals surface area (Å²) < 4.78 is 11.1. The van der Waals surface area contributed by atoms with Gasteiger partial charge < -0.3 is 20.1 Å².